The molecule has 0 saturated heterocycles. The van der Waals surface area contributed by atoms with Gasteiger partial charge in [0.15, 0.2) is 0 Å². The number of hydrogen-bond donors (Lipinski definition) is 2. The van der Waals surface area contributed by atoms with Crippen molar-refractivity contribution in [3.05, 3.63) is 24.0 Å². The molecule has 2 atom stereocenters. The quantitative estimate of drug-likeness (QED) is 0.807. The summed E-state index contributed by atoms with van der Waals surface area (Å²) in [7, 11) is 0. The molecule has 2 rings (SSSR count). The Balaban J connectivity index is 2.32. The van der Waals surface area contributed by atoms with E-state index in [2.05, 4.69) is 10.6 Å². The standard InChI is InChI=1S/C12H15FN2O/c1-3-7(2)10-12(16)15-11-8(13)5-4-6-9(11)14-10/h4-7,10,14H,3H2,1-2H3,(H,15,16). The lowest BCUT2D eigenvalue weighted by Gasteiger charge is -2.30. The van der Waals surface area contributed by atoms with Gasteiger partial charge in [0.1, 0.15) is 17.5 Å². The molecule has 0 fully saturated rings. The van der Waals surface area contributed by atoms with Crippen LogP contribution < -0.4 is 10.6 Å². The third kappa shape index (κ3) is 1.75. The maximum Gasteiger partial charge on any atom is 0.247 e. The van der Waals surface area contributed by atoms with Crippen LogP contribution in [-0.4, -0.2) is 11.9 Å². The highest BCUT2D eigenvalue weighted by atomic mass is 19.1. The van der Waals surface area contributed by atoms with E-state index in [1.807, 2.05) is 13.8 Å². The highest BCUT2D eigenvalue weighted by molar-refractivity contribution is 6.03. The minimum atomic E-state index is -0.402. The molecule has 1 aliphatic rings. The van der Waals surface area contributed by atoms with Crippen molar-refractivity contribution in [2.24, 2.45) is 5.92 Å². The van der Waals surface area contributed by atoms with Gasteiger partial charge >= 0.3 is 0 Å². The summed E-state index contributed by atoms with van der Waals surface area (Å²) < 4.78 is 13.4. The number of benzene rings is 1. The summed E-state index contributed by atoms with van der Waals surface area (Å²) in [5, 5.41) is 5.70. The van der Waals surface area contributed by atoms with Gasteiger partial charge in [0.25, 0.3) is 0 Å². The number of anilines is 2. The lowest BCUT2D eigenvalue weighted by molar-refractivity contribution is -0.118. The number of carbonyl (C=O) groups is 1. The van der Waals surface area contributed by atoms with E-state index in [4.69, 9.17) is 0 Å². The predicted octanol–water partition coefficient (Wildman–Crippen LogP) is 2.60. The Morgan fingerprint density at radius 3 is 2.94 bits per heavy atom. The summed E-state index contributed by atoms with van der Waals surface area (Å²) in [5.41, 5.74) is 0.914. The predicted molar refractivity (Wildman–Crippen MR) is 61.9 cm³/mol. The van der Waals surface area contributed by atoms with Gasteiger partial charge in [0.05, 0.1) is 5.69 Å². The molecule has 1 aliphatic heterocycles. The largest absolute Gasteiger partial charge is 0.372 e. The molecule has 1 amide bonds. The van der Waals surface area contributed by atoms with Crippen LogP contribution in [0.25, 0.3) is 0 Å². The zero-order valence-corrected chi connectivity index (χ0v) is 9.38. The van der Waals surface area contributed by atoms with E-state index in [1.54, 1.807) is 12.1 Å². The molecule has 2 unspecified atom stereocenters. The number of fused-ring (bicyclic) bond motifs is 1. The second kappa shape index (κ2) is 4.12. The first-order valence-electron chi connectivity index (χ1n) is 5.49. The lowest BCUT2D eigenvalue weighted by Crippen LogP contribution is -2.43. The first-order chi connectivity index (χ1) is 7.63. The van der Waals surface area contributed by atoms with Gasteiger partial charge in [-0.1, -0.05) is 26.3 Å². The van der Waals surface area contributed by atoms with Crippen LogP contribution in [0.1, 0.15) is 20.3 Å². The van der Waals surface area contributed by atoms with Crippen molar-refractivity contribution in [1.82, 2.24) is 0 Å². The smallest absolute Gasteiger partial charge is 0.247 e. The molecule has 3 nitrogen and oxygen atoms in total. The molecular formula is C12H15FN2O. The number of nitrogens with one attached hydrogen (secondary N) is 2. The van der Waals surface area contributed by atoms with Crippen LogP contribution in [0, 0.1) is 11.7 Å². The normalized spacial score (nSPS) is 20.7. The molecule has 1 aromatic rings. The first kappa shape index (κ1) is 10.9. The Labute approximate surface area is 94.0 Å². The van der Waals surface area contributed by atoms with Gasteiger partial charge in [-0.05, 0) is 18.1 Å². The fourth-order valence-electron chi connectivity index (χ4n) is 1.84. The molecule has 0 aliphatic carbocycles. The number of carbonyl (C=O) groups excluding carboxylic acids is 1. The van der Waals surface area contributed by atoms with E-state index in [0.29, 0.717) is 5.69 Å². The van der Waals surface area contributed by atoms with Gasteiger partial charge in [-0.2, -0.15) is 0 Å². The van der Waals surface area contributed by atoms with Gasteiger partial charge in [-0.25, -0.2) is 4.39 Å². The van der Waals surface area contributed by atoms with Crippen molar-refractivity contribution in [2.45, 2.75) is 26.3 Å². The topological polar surface area (TPSA) is 41.1 Å². The molecule has 16 heavy (non-hydrogen) atoms. The van der Waals surface area contributed by atoms with Crippen LogP contribution in [0.4, 0.5) is 15.8 Å². The molecule has 0 spiro atoms. The fourth-order valence-corrected chi connectivity index (χ4v) is 1.84. The van der Waals surface area contributed by atoms with E-state index in [0.717, 1.165) is 6.42 Å². The van der Waals surface area contributed by atoms with E-state index in [-0.39, 0.29) is 23.6 Å². The summed E-state index contributed by atoms with van der Waals surface area (Å²) in [6, 6.07) is 4.46. The maximum absolute atomic E-state index is 13.4. The average molecular weight is 222 g/mol. The monoisotopic (exact) mass is 222 g/mol. The Kier molecular flexibility index (Phi) is 2.81. The van der Waals surface area contributed by atoms with Crippen LogP contribution in [0.15, 0.2) is 18.2 Å². The minimum absolute atomic E-state index is 0.160. The summed E-state index contributed by atoms with van der Waals surface area (Å²) in [6.07, 6.45) is 0.899. The van der Waals surface area contributed by atoms with Crippen molar-refractivity contribution in [3.8, 4) is 0 Å². The second-order valence-corrected chi connectivity index (χ2v) is 4.16. The van der Waals surface area contributed by atoms with Crippen molar-refractivity contribution in [1.29, 1.82) is 0 Å². The zero-order valence-electron chi connectivity index (χ0n) is 9.38. The zero-order chi connectivity index (χ0) is 11.7. The molecule has 4 heteroatoms. The van der Waals surface area contributed by atoms with Crippen LogP contribution >= 0.6 is 0 Å². The van der Waals surface area contributed by atoms with Crippen molar-refractivity contribution in [3.63, 3.8) is 0 Å². The molecule has 2 N–H and O–H groups in total. The summed E-state index contributed by atoms with van der Waals surface area (Å²) in [6.45, 7) is 4.03. The number of amides is 1. The Bertz CT molecular complexity index is 419. The summed E-state index contributed by atoms with van der Waals surface area (Å²) in [5.74, 6) is -0.343. The number of rotatable bonds is 2. The average Bonchev–Trinajstić information content (AvgIpc) is 2.29. The molecule has 0 saturated carbocycles. The Hall–Kier alpha value is -1.58. The van der Waals surface area contributed by atoms with E-state index < -0.39 is 5.82 Å². The molecule has 0 aromatic heterocycles. The fraction of sp³-hybridized carbons (Fsp3) is 0.417. The van der Waals surface area contributed by atoms with Crippen LogP contribution in [0.2, 0.25) is 0 Å². The SMILES string of the molecule is CCC(C)C1Nc2cccc(F)c2NC1=O. The molecule has 86 valence electrons. The second-order valence-electron chi connectivity index (χ2n) is 4.16. The first-order valence-corrected chi connectivity index (χ1v) is 5.49. The maximum atomic E-state index is 13.4. The van der Waals surface area contributed by atoms with E-state index in [1.165, 1.54) is 6.07 Å². The third-order valence-corrected chi connectivity index (χ3v) is 3.07. The Morgan fingerprint density at radius 2 is 2.25 bits per heavy atom. The highest BCUT2D eigenvalue weighted by Gasteiger charge is 2.30. The number of para-hydroxylation sites is 1. The third-order valence-electron chi connectivity index (χ3n) is 3.07. The van der Waals surface area contributed by atoms with Crippen LogP contribution in [0.5, 0.6) is 0 Å². The van der Waals surface area contributed by atoms with Gasteiger partial charge in [0, 0.05) is 0 Å². The molecule has 1 aromatic carbocycles. The van der Waals surface area contributed by atoms with Crippen molar-refractivity contribution in [2.75, 3.05) is 10.6 Å². The molecule has 1 heterocycles. The van der Waals surface area contributed by atoms with Gasteiger partial charge in [-0.3, -0.25) is 4.79 Å². The van der Waals surface area contributed by atoms with Gasteiger partial charge < -0.3 is 10.6 Å². The highest BCUT2D eigenvalue weighted by Crippen LogP contribution is 2.31. The molecule has 0 bridgehead atoms. The van der Waals surface area contributed by atoms with Crippen molar-refractivity contribution < 1.29 is 9.18 Å². The van der Waals surface area contributed by atoms with Gasteiger partial charge in [0.2, 0.25) is 5.91 Å². The van der Waals surface area contributed by atoms with Crippen LogP contribution in [0.3, 0.4) is 0 Å². The van der Waals surface area contributed by atoms with Crippen LogP contribution in [-0.2, 0) is 4.79 Å². The Morgan fingerprint density at radius 1 is 1.50 bits per heavy atom. The van der Waals surface area contributed by atoms with Crippen molar-refractivity contribution >= 4 is 17.3 Å². The number of halogens is 1. The summed E-state index contributed by atoms with van der Waals surface area (Å²) >= 11 is 0. The molecular weight excluding hydrogens is 207 g/mol. The van der Waals surface area contributed by atoms with E-state index in [9.17, 15) is 9.18 Å². The molecule has 0 radical (unpaired) electrons. The van der Waals surface area contributed by atoms with Gasteiger partial charge in [-0.15, -0.1) is 0 Å². The number of hydrogen-bond acceptors (Lipinski definition) is 2. The summed E-state index contributed by atoms with van der Waals surface area (Å²) in [4.78, 5) is 11.8. The lowest BCUT2D eigenvalue weighted by atomic mass is 9.96. The van der Waals surface area contributed by atoms with E-state index >= 15 is 0 Å². The minimum Gasteiger partial charge on any atom is -0.372 e.